The first-order valence-electron chi connectivity index (χ1n) is 6.32. The second kappa shape index (κ2) is 6.50. The van der Waals surface area contributed by atoms with Gasteiger partial charge in [-0.1, -0.05) is 42.5 Å². The molecule has 0 spiro atoms. The van der Waals surface area contributed by atoms with E-state index in [-0.39, 0.29) is 6.61 Å². The summed E-state index contributed by atoms with van der Waals surface area (Å²) in [5, 5.41) is 9.26. The van der Waals surface area contributed by atoms with Gasteiger partial charge < -0.3 is 15.6 Å². The van der Waals surface area contributed by atoms with Crippen LogP contribution in [0.15, 0.2) is 42.5 Å². The summed E-state index contributed by atoms with van der Waals surface area (Å²) in [6.07, 6.45) is 0. The largest absolute Gasteiger partial charge is 0.489 e. The minimum atomic E-state index is -0.0322. The van der Waals surface area contributed by atoms with Crippen molar-refractivity contribution in [3.05, 3.63) is 64.7 Å². The predicted molar refractivity (Wildman–Crippen MR) is 83.8 cm³/mol. The van der Waals surface area contributed by atoms with Gasteiger partial charge in [0.05, 0.1) is 6.61 Å². The Labute approximate surface area is 124 Å². The fourth-order valence-electron chi connectivity index (χ4n) is 1.94. The third-order valence-corrected chi connectivity index (χ3v) is 3.39. The number of thiocarbonyl (C=S) groups is 1. The maximum Gasteiger partial charge on any atom is 0.125 e. The van der Waals surface area contributed by atoms with Gasteiger partial charge in [0.25, 0.3) is 0 Å². The third kappa shape index (κ3) is 3.35. The Morgan fingerprint density at radius 2 is 1.95 bits per heavy atom. The first-order chi connectivity index (χ1) is 9.61. The highest BCUT2D eigenvalue weighted by atomic mass is 32.1. The van der Waals surface area contributed by atoms with Gasteiger partial charge in [-0.25, -0.2) is 0 Å². The monoisotopic (exact) mass is 287 g/mol. The number of ether oxygens (including phenoxy) is 1. The summed E-state index contributed by atoms with van der Waals surface area (Å²) in [5.74, 6) is 0.702. The molecule has 0 radical (unpaired) electrons. The molecule has 3 N–H and O–H groups in total. The van der Waals surface area contributed by atoms with Crippen LogP contribution in [0.25, 0.3) is 0 Å². The van der Waals surface area contributed by atoms with Crippen LogP contribution in [0.5, 0.6) is 5.75 Å². The van der Waals surface area contributed by atoms with Crippen LogP contribution in [0.3, 0.4) is 0 Å². The predicted octanol–water partition coefficient (Wildman–Crippen LogP) is 2.70. The molecule has 104 valence electrons. The van der Waals surface area contributed by atoms with Crippen molar-refractivity contribution in [3.8, 4) is 5.75 Å². The molecule has 3 nitrogen and oxygen atoms in total. The highest BCUT2D eigenvalue weighted by Gasteiger charge is 2.05. The van der Waals surface area contributed by atoms with E-state index in [1.54, 1.807) is 0 Å². The van der Waals surface area contributed by atoms with Crippen molar-refractivity contribution in [2.24, 2.45) is 5.73 Å². The summed E-state index contributed by atoms with van der Waals surface area (Å²) in [6, 6.07) is 13.3. The van der Waals surface area contributed by atoms with Crippen LogP contribution in [-0.2, 0) is 13.2 Å². The number of aryl methyl sites for hydroxylation is 1. The van der Waals surface area contributed by atoms with E-state index in [2.05, 4.69) is 0 Å². The highest BCUT2D eigenvalue weighted by molar-refractivity contribution is 7.80. The molecule has 2 aromatic carbocycles. The second-order valence-electron chi connectivity index (χ2n) is 4.56. The quantitative estimate of drug-likeness (QED) is 0.830. The molecule has 20 heavy (non-hydrogen) atoms. The summed E-state index contributed by atoms with van der Waals surface area (Å²) < 4.78 is 5.77. The number of rotatable bonds is 5. The molecule has 0 saturated carbocycles. The Morgan fingerprint density at radius 3 is 2.60 bits per heavy atom. The van der Waals surface area contributed by atoms with Crippen LogP contribution < -0.4 is 10.5 Å². The van der Waals surface area contributed by atoms with E-state index in [1.807, 2.05) is 49.4 Å². The molecule has 0 aliphatic heterocycles. The first kappa shape index (κ1) is 14.5. The van der Waals surface area contributed by atoms with E-state index in [9.17, 15) is 5.11 Å². The third-order valence-electron chi connectivity index (χ3n) is 3.15. The van der Waals surface area contributed by atoms with Crippen molar-refractivity contribution < 1.29 is 9.84 Å². The van der Waals surface area contributed by atoms with Crippen molar-refractivity contribution in [3.63, 3.8) is 0 Å². The number of para-hydroxylation sites is 1. The SMILES string of the molecule is Cc1cc(C(N)=S)ccc1COc1ccccc1CO. The highest BCUT2D eigenvalue weighted by Crippen LogP contribution is 2.20. The molecule has 0 unspecified atom stereocenters. The van der Waals surface area contributed by atoms with E-state index >= 15 is 0 Å². The Bertz CT molecular complexity index is 626. The molecular weight excluding hydrogens is 270 g/mol. The average molecular weight is 287 g/mol. The molecule has 0 atom stereocenters. The summed E-state index contributed by atoms with van der Waals surface area (Å²) in [6.45, 7) is 2.41. The smallest absolute Gasteiger partial charge is 0.125 e. The van der Waals surface area contributed by atoms with Gasteiger partial charge >= 0.3 is 0 Å². The number of aliphatic hydroxyl groups is 1. The molecule has 2 rings (SSSR count). The van der Waals surface area contributed by atoms with E-state index in [0.717, 1.165) is 22.3 Å². The molecule has 0 bridgehead atoms. The molecule has 4 heteroatoms. The van der Waals surface area contributed by atoms with Crippen molar-refractivity contribution in [1.82, 2.24) is 0 Å². The maximum absolute atomic E-state index is 9.26. The van der Waals surface area contributed by atoms with Gasteiger partial charge in [-0.05, 0) is 30.2 Å². The van der Waals surface area contributed by atoms with Crippen LogP contribution in [0.1, 0.15) is 22.3 Å². The maximum atomic E-state index is 9.26. The van der Waals surface area contributed by atoms with Gasteiger partial charge in [-0.15, -0.1) is 0 Å². The number of nitrogens with two attached hydrogens (primary N) is 1. The molecule has 0 aromatic heterocycles. The molecule has 0 amide bonds. The molecule has 2 aromatic rings. The Kier molecular flexibility index (Phi) is 4.71. The number of hydrogen-bond donors (Lipinski definition) is 2. The normalized spacial score (nSPS) is 10.3. The van der Waals surface area contributed by atoms with Crippen molar-refractivity contribution in [2.45, 2.75) is 20.1 Å². The zero-order valence-corrected chi connectivity index (χ0v) is 12.1. The Morgan fingerprint density at radius 1 is 1.20 bits per heavy atom. The van der Waals surface area contributed by atoms with Gasteiger partial charge in [-0.3, -0.25) is 0 Å². The lowest BCUT2D eigenvalue weighted by molar-refractivity contribution is 0.259. The molecule has 0 saturated heterocycles. The standard InChI is InChI=1S/C16H17NO2S/c1-11-8-12(16(17)20)6-7-14(11)10-19-15-5-3-2-4-13(15)9-18/h2-8,18H,9-10H2,1H3,(H2,17,20). The first-order valence-corrected chi connectivity index (χ1v) is 6.73. The second-order valence-corrected chi connectivity index (χ2v) is 5.00. The Balaban J connectivity index is 2.13. The summed E-state index contributed by atoms with van der Waals surface area (Å²) in [4.78, 5) is 0.395. The van der Waals surface area contributed by atoms with E-state index in [1.165, 1.54) is 0 Å². The van der Waals surface area contributed by atoms with E-state index in [4.69, 9.17) is 22.7 Å². The fourth-order valence-corrected chi connectivity index (χ4v) is 2.07. The lowest BCUT2D eigenvalue weighted by Gasteiger charge is -2.12. The van der Waals surface area contributed by atoms with Crippen LogP contribution in [0, 0.1) is 6.92 Å². The van der Waals surface area contributed by atoms with Crippen molar-refractivity contribution in [2.75, 3.05) is 0 Å². The van der Waals surface area contributed by atoms with E-state index in [0.29, 0.717) is 17.3 Å². The van der Waals surface area contributed by atoms with Crippen molar-refractivity contribution in [1.29, 1.82) is 0 Å². The number of aliphatic hydroxyl groups excluding tert-OH is 1. The molecule has 0 heterocycles. The molecule has 0 aliphatic carbocycles. The topological polar surface area (TPSA) is 55.5 Å². The van der Waals surface area contributed by atoms with Gasteiger partial charge in [0.1, 0.15) is 17.3 Å². The van der Waals surface area contributed by atoms with Gasteiger partial charge in [-0.2, -0.15) is 0 Å². The lowest BCUT2D eigenvalue weighted by atomic mass is 10.1. The summed E-state index contributed by atoms with van der Waals surface area (Å²) in [5.41, 5.74) is 9.40. The zero-order valence-electron chi connectivity index (χ0n) is 11.3. The minimum Gasteiger partial charge on any atom is -0.489 e. The van der Waals surface area contributed by atoms with Gasteiger partial charge in [0, 0.05) is 11.1 Å². The van der Waals surface area contributed by atoms with E-state index < -0.39 is 0 Å². The van der Waals surface area contributed by atoms with Crippen LogP contribution in [-0.4, -0.2) is 10.1 Å². The summed E-state index contributed by atoms with van der Waals surface area (Å²) in [7, 11) is 0. The van der Waals surface area contributed by atoms with Crippen molar-refractivity contribution >= 4 is 17.2 Å². The van der Waals surface area contributed by atoms with Gasteiger partial charge in [0.2, 0.25) is 0 Å². The van der Waals surface area contributed by atoms with Gasteiger partial charge in [0.15, 0.2) is 0 Å². The lowest BCUT2D eigenvalue weighted by Crippen LogP contribution is -2.10. The minimum absolute atomic E-state index is 0.0322. The molecule has 0 aliphatic rings. The zero-order chi connectivity index (χ0) is 14.5. The summed E-state index contributed by atoms with van der Waals surface area (Å²) >= 11 is 4.96. The number of hydrogen-bond acceptors (Lipinski definition) is 3. The molecular formula is C16H17NO2S. The van der Waals surface area contributed by atoms with Crippen LogP contribution in [0.4, 0.5) is 0 Å². The Hall–Kier alpha value is -1.91. The average Bonchev–Trinajstić information content (AvgIpc) is 2.46. The van der Waals surface area contributed by atoms with Crippen LogP contribution >= 0.6 is 12.2 Å². The van der Waals surface area contributed by atoms with Crippen LogP contribution in [0.2, 0.25) is 0 Å². The molecule has 0 fully saturated rings. The fraction of sp³-hybridized carbons (Fsp3) is 0.188. The number of benzene rings is 2.